The number of ketones is 1. The van der Waals surface area contributed by atoms with Crippen molar-refractivity contribution in [2.24, 2.45) is 17.8 Å². The van der Waals surface area contributed by atoms with Crippen molar-refractivity contribution in [3.05, 3.63) is 33.9 Å². The number of carbonyl (C=O) groups excluding carboxylic acids is 3. The normalized spacial score (nSPS) is 24.2. The Kier molecular flexibility index (Phi) is 5.53. The molecule has 2 aliphatic rings. The number of nitro groups is 1. The molecule has 0 heterocycles. The number of nitrogens with one attached hydrogen (secondary N) is 1. The SMILES string of the molecule is Cc1cccc([N+](=O)[O-])c1NC(=O)COC(=O)C1C[C@H]2CCC[C@@H](C1)C2=O. The van der Waals surface area contributed by atoms with Gasteiger partial charge in [-0.05, 0) is 38.2 Å². The second-order valence-corrected chi connectivity index (χ2v) is 7.28. The van der Waals surface area contributed by atoms with Crippen LogP contribution in [0.1, 0.15) is 37.7 Å². The van der Waals surface area contributed by atoms with Crippen LogP contribution in [0.4, 0.5) is 11.4 Å². The summed E-state index contributed by atoms with van der Waals surface area (Å²) in [7, 11) is 0. The van der Waals surface area contributed by atoms with E-state index < -0.39 is 23.4 Å². The minimum atomic E-state index is -0.632. The summed E-state index contributed by atoms with van der Waals surface area (Å²) in [5.74, 6) is -1.35. The molecular weight excluding hydrogens is 352 g/mol. The molecule has 0 radical (unpaired) electrons. The first-order chi connectivity index (χ1) is 12.9. The topological polar surface area (TPSA) is 116 Å². The summed E-state index contributed by atoms with van der Waals surface area (Å²) < 4.78 is 5.12. The number of esters is 1. The molecule has 1 unspecified atom stereocenters. The van der Waals surface area contributed by atoms with Gasteiger partial charge in [0.05, 0.1) is 10.8 Å². The Balaban J connectivity index is 1.56. The van der Waals surface area contributed by atoms with E-state index in [-0.39, 0.29) is 34.9 Å². The zero-order valence-electron chi connectivity index (χ0n) is 15.1. The lowest BCUT2D eigenvalue weighted by Gasteiger charge is -2.36. The van der Waals surface area contributed by atoms with E-state index in [0.29, 0.717) is 18.4 Å². The summed E-state index contributed by atoms with van der Waals surface area (Å²) in [6.45, 7) is 1.14. The largest absolute Gasteiger partial charge is 0.455 e. The lowest BCUT2D eigenvalue weighted by molar-refractivity contribution is -0.384. The molecule has 1 aromatic rings. The fourth-order valence-corrected chi connectivity index (χ4v) is 4.07. The molecule has 2 bridgehead atoms. The summed E-state index contributed by atoms with van der Waals surface area (Å²) in [4.78, 5) is 47.0. The van der Waals surface area contributed by atoms with Crippen molar-refractivity contribution in [3.8, 4) is 0 Å². The van der Waals surface area contributed by atoms with Gasteiger partial charge in [0.1, 0.15) is 11.5 Å². The molecule has 8 nitrogen and oxygen atoms in total. The van der Waals surface area contributed by atoms with Gasteiger partial charge < -0.3 is 10.1 Å². The van der Waals surface area contributed by atoms with E-state index in [1.54, 1.807) is 13.0 Å². The molecule has 0 saturated heterocycles. The number of nitro benzene ring substituents is 1. The number of hydrogen-bond donors (Lipinski definition) is 1. The van der Waals surface area contributed by atoms with Gasteiger partial charge in [-0.25, -0.2) is 0 Å². The van der Waals surface area contributed by atoms with Gasteiger partial charge in [0.2, 0.25) is 0 Å². The summed E-state index contributed by atoms with van der Waals surface area (Å²) >= 11 is 0. The number of rotatable bonds is 5. The highest BCUT2D eigenvalue weighted by molar-refractivity contribution is 5.96. The molecule has 3 rings (SSSR count). The van der Waals surface area contributed by atoms with Crippen molar-refractivity contribution in [2.45, 2.75) is 39.0 Å². The molecule has 2 fully saturated rings. The van der Waals surface area contributed by atoms with Crippen molar-refractivity contribution < 1.29 is 24.0 Å². The predicted molar refractivity (Wildman–Crippen MR) is 96.0 cm³/mol. The lowest BCUT2D eigenvalue weighted by atomic mass is 9.67. The standard InChI is InChI=1S/C19H22N2O6/c1-11-4-2-7-15(21(25)26)17(11)20-16(22)10-27-19(24)14-8-12-5-3-6-13(9-14)18(12)23/h2,4,7,12-14H,3,5-6,8-10H2,1H3,(H,20,22)/t12-,13+,14?. The second-order valence-electron chi connectivity index (χ2n) is 7.28. The van der Waals surface area contributed by atoms with E-state index >= 15 is 0 Å². The first-order valence-corrected chi connectivity index (χ1v) is 9.11. The number of ether oxygens (including phenoxy) is 1. The molecule has 2 saturated carbocycles. The molecule has 0 spiro atoms. The van der Waals surface area contributed by atoms with Crippen LogP contribution in [0.2, 0.25) is 0 Å². The number of hydrogen-bond acceptors (Lipinski definition) is 6. The number of benzene rings is 1. The van der Waals surface area contributed by atoms with Crippen LogP contribution >= 0.6 is 0 Å². The van der Waals surface area contributed by atoms with Crippen LogP contribution in [0.5, 0.6) is 0 Å². The van der Waals surface area contributed by atoms with Crippen LogP contribution in [-0.2, 0) is 19.1 Å². The molecule has 0 aromatic heterocycles. The smallest absolute Gasteiger partial charge is 0.309 e. The quantitative estimate of drug-likeness (QED) is 0.481. The summed E-state index contributed by atoms with van der Waals surface area (Å²) in [5, 5.41) is 13.5. The van der Waals surface area contributed by atoms with Crippen LogP contribution in [0.3, 0.4) is 0 Å². The predicted octanol–water partition coefficient (Wildman–Crippen LogP) is 2.78. The van der Waals surface area contributed by atoms with E-state index in [4.69, 9.17) is 4.74 Å². The Morgan fingerprint density at radius 3 is 2.56 bits per heavy atom. The van der Waals surface area contributed by atoms with E-state index in [1.807, 2.05) is 0 Å². The summed E-state index contributed by atoms with van der Waals surface area (Å²) in [6.07, 6.45) is 3.62. The van der Waals surface area contributed by atoms with Gasteiger partial charge >= 0.3 is 5.97 Å². The lowest BCUT2D eigenvalue weighted by Crippen LogP contribution is -2.40. The zero-order valence-corrected chi connectivity index (χ0v) is 15.1. The first-order valence-electron chi connectivity index (χ1n) is 9.11. The number of amides is 1. The van der Waals surface area contributed by atoms with E-state index in [1.165, 1.54) is 12.1 Å². The van der Waals surface area contributed by atoms with Crippen LogP contribution < -0.4 is 5.32 Å². The van der Waals surface area contributed by atoms with Crippen LogP contribution in [0.15, 0.2) is 18.2 Å². The molecule has 1 N–H and O–H groups in total. The Morgan fingerprint density at radius 2 is 1.93 bits per heavy atom. The van der Waals surface area contributed by atoms with Crippen LogP contribution in [0, 0.1) is 34.8 Å². The third-order valence-corrected chi connectivity index (χ3v) is 5.44. The highest BCUT2D eigenvalue weighted by Gasteiger charge is 2.41. The molecule has 0 aliphatic heterocycles. The Hall–Kier alpha value is -2.77. The number of para-hydroxylation sites is 1. The number of nitrogens with zero attached hydrogens (tertiary/aromatic N) is 1. The van der Waals surface area contributed by atoms with Crippen molar-refractivity contribution in [3.63, 3.8) is 0 Å². The highest BCUT2D eigenvalue weighted by Crippen LogP contribution is 2.40. The monoisotopic (exact) mass is 374 g/mol. The van der Waals surface area contributed by atoms with Gasteiger partial charge in [-0.3, -0.25) is 24.5 Å². The van der Waals surface area contributed by atoms with E-state index in [9.17, 15) is 24.5 Å². The summed E-state index contributed by atoms with van der Waals surface area (Å²) in [5.41, 5.74) is 0.428. The molecule has 8 heteroatoms. The Labute approximate surface area is 156 Å². The van der Waals surface area contributed by atoms with Gasteiger partial charge in [0.15, 0.2) is 6.61 Å². The van der Waals surface area contributed by atoms with Gasteiger partial charge in [0.25, 0.3) is 11.6 Å². The van der Waals surface area contributed by atoms with Gasteiger partial charge in [-0.15, -0.1) is 0 Å². The average molecular weight is 374 g/mol. The number of anilines is 1. The van der Waals surface area contributed by atoms with Gasteiger partial charge in [0, 0.05) is 17.9 Å². The fraction of sp³-hybridized carbons (Fsp3) is 0.526. The molecular formula is C19H22N2O6. The van der Waals surface area contributed by atoms with Crippen LogP contribution in [-0.4, -0.2) is 29.2 Å². The maximum absolute atomic E-state index is 12.3. The van der Waals surface area contributed by atoms with E-state index in [0.717, 1.165) is 19.3 Å². The van der Waals surface area contributed by atoms with Crippen LogP contribution in [0.25, 0.3) is 0 Å². The number of aryl methyl sites for hydroxylation is 1. The second kappa shape index (κ2) is 7.85. The van der Waals surface area contributed by atoms with Crippen molar-refractivity contribution in [1.82, 2.24) is 0 Å². The van der Waals surface area contributed by atoms with Gasteiger partial charge in [-0.1, -0.05) is 18.6 Å². The average Bonchev–Trinajstić information content (AvgIpc) is 2.61. The Morgan fingerprint density at radius 1 is 1.26 bits per heavy atom. The number of fused-ring (bicyclic) bond motifs is 2. The van der Waals surface area contributed by atoms with Crippen molar-refractivity contribution in [2.75, 3.05) is 11.9 Å². The minimum absolute atomic E-state index is 0.0708. The third-order valence-electron chi connectivity index (χ3n) is 5.44. The zero-order chi connectivity index (χ0) is 19.6. The molecule has 27 heavy (non-hydrogen) atoms. The maximum Gasteiger partial charge on any atom is 0.309 e. The first kappa shape index (κ1) is 19.0. The van der Waals surface area contributed by atoms with Gasteiger partial charge in [-0.2, -0.15) is 0 Å². The van der Waals surface area contributed by atoms with Crippen molar-refractivity contribution >= 4 is 29.0 Å². The molecule has 1 aromatic carbocycles. The fourth-order valence-electron chi connectivity index (χ4n) is 4.07. The maximum atomic E-state index is 12.3. The number of Topliss-reactive ketones (excluding diaryl/α,β-unsaturated/α-hetero) is 1. The number of carbonyl (C=O) groups is 3. The third kappa shape index (κ3) is 4.15. The van der Waals surface area contributed by atoms with E-state index in [2.05, 4.69) is 5.32 Å². The van der Waals surface area contributed by atoms with Crippen molar-refractivity contribution in [1.29, 1.82) is 0 Å². The minimum Gasteiger partial charge on any atom is -0.455 e. The summed E-state index contributed by atoms with van der Waals surface area (Å²) in [6, 6.07) is 4.48. The Bertz CT molecular complexity index is 774. The molecule has 2 aliphatic carbocycles. The molecule has 1 amide bonds. The highest BCUT2D eigenvalue weighted by atomic mass is 16.6. The molecule has 144 valence electrons. The molecule has 3 atom stereocenters.